The first-order chi connectivity index (χ1) is 8.65. The van der Waals surface area contributed by atoms with E-state index in [9.17, 15) is 4.79 Å². The third-order valence-electron chi connectivity index (χ3n) is 2.54. The molecule has 0 heterocycles. The van der Waals surface area contributed by atoms with Crippen molar-refractivity contribution < 1.29 is 14.3 Å². The van der Waals surface area contributed by atoms with Crippen LogP contribution in [-0.4, -0.2) is 25.6 Å². The van der Waals surface area contributed by atoms with Crippen LogP contribution in [0.15, 0.2) is 18.2 Å². The zero-order chi connectivity index (χ0) is 13.4. The molecule has 1 aromatic rings. The zero-order valence-corrected chi connectivity index (χ0v) is 11.1. The number of benzene rings is 1. The standard InChI is InChI=1S/C14H21NO3/c1-3-4-7-17-8-9-18-12-5-6-13(11(2)16)14(15)10-12/h5-6,10H,3-4,7-9,15H2,1-2H3. The molecule has 4 heteroatoms. The average molecular weight is 251 g/mol. The Morgan fingerprint density at radius 3 is 2.67 bits per heavy atom. The highest BCUT2D eigenvalue weighted by Crippen LogP contribution is 2.20. The molecule has 4 nitrogen and oxygen atoms in total. The molecule has 18 heavy (non-hydrogen) atoms. The molecule has 0 radical (unpaired) electrons. The van der Waals surface area contributed by atoms with Crippen molar-refractivity contribution in [2.75, 3.05) is 25.6 Å². The van der Waals surface area contributed by atoms with Crippen LogP contribution in [0.5, 0.6) is 5.75 Å². The fourth-order valence-corrected chi connectivity index (χ4v) is 1.52. The van der Waals surface area contributed by atoms with Gasteiger partial charge in [0.2, 0.25) is 0 Å². The number of ketones is 1. The summed E-state index contributed by atoms with van der Waals surface area (Å²) in [5.41, 5.74) is 6.74. The van der Waals surface area contributed by atoms with E-state index in [1.54, 1.807) is 18.2 Å². The van der Waals surface area contributed by atoms with Crippen molar-refractivity contribution in [2.24, 2.45) is 0 Å². The summed E-state index contributed by atoms with van der Waals surface area (Å²) < 4.78 is 10.9. The number of unbranched alkanes of at least 4 members (excludes halogenated alkanes) is 1. The average Bonchev–Trinajstić information content (AvgIpc) is 2.33. The lowest BCUT2D eigenvalue weighted by molar-refractivity contribution is 0.0979. The number of hydrogen-bond donors (Lipinski definition) is 1. The minimum atomic E-state index is -0.0399. The maximum absolute atomic E-state index is 11.2. The number of carbonyl (C=O) groups excluding carboxylic acids is 1. The van der Waals surface area contributed by atoms with E-state index in [0.29, 0.717) is 30.2 Å². The normalized spacial score (nSPS) is 10.3. The molecular formula is C14H21NO3. The van der Waals surface area contributed by atoms with Crippen LogP contribution in [0.4, 0.5) is 5.69 Å². The smallest absolute Gasteiger partial charge is 0.161 e. The monoisotopic (exact) mass is 251 g/mol. The lowest BCUT2D eigenvalue weighted by Gasteiger charge is -2.09. The van der Waals surface area contributed by atoms with E-state index >= 15 is 0 Å². The Morgan fingerprint density at radius 2 is 2.06 bits per heavy atom. The van der Waals surface area contributed by atoms with Crippen LogP contribution in [0.25, 0.3) is 0 Å². The van der Waals surface area contributed by atoms with Crippen molar-refractivity contribution in [2.45, 2.75) is 26.7 Å². The maximum Gasteiger partial charge on any atom is 0.161 e. The Balaban J connectivity index is 2.35. The van der Waals surface area contributed by atoms with E-state index in [1.165, 1.54) is 6.92 Å². The van der Waals surface area contributed by atoms with Crippen LogP contribution >= 0.6 is 0 Å². The van der Waals surface area contributed by atoms with E-state index in [4.69, 9.17) is 15.2 Å². The predicted octanol–water partition coefficient (Wildman–Crippen LogP) is 2.67. The van der Waals surface area contributed by atoms with Gasteiger partial charge in [-0.25, -0.2) is 0 Å². The second-order valence-electron chi connectivity index (χ2n) is 4.12. The minimum Gasteiger partial charge on any atom is -0.491 e. The topological polar surface area (TPSA) is 61.5 Å². The van der Waals surface area contributed by atoms with Crippen LogP contribution in [0, 0.1) is 0 Å². The molecule has 0 fully saturated rings. The number of nitrogens with two attached hydrogens (primary N) is 1. The van der Waals surface area contributed by atoms with Gasteiger partial charge in [0.05, 0.1) is 6.61 Å². The van der Waals surface area contributed by atoms with E-state index in [0.717, 1.165) is 19.4 Å². The molecule has 0 atom stereocenters. The van der Waals surface area contributed by atoms with Gasteiger partial charge in [-0.3, -0.25) is 4.79 Å². The van der Waals surface area contributed by atoms with Crippen molar-refractivity contribution in [3.8, 4) is 5.75 Å². The Kier molecular flexibility index (Phi) is 6.22. The molecule has 0 unspecified atom stereocenters. The van der Waals surface area contributed by atoms with Gasteiger partial charge in [-0.1, -0.05) is 13.3 Å². The summed E-state index contributed by atoms with van der Waals surface area (Å²) in [6, 6.07) is 5.10. The third-order valence-corrected chi connectivity index (χ3v) is 2.54. The number of ether oxygens (including phenoxy) is 2. The van der Waals surface area contributed by atoms with Gasteiger partial charge in [-0.2, -0.15) is 0 Å². The molecule has 1 rings (SSSR count). The summed E-state index contributed by atoms with van der Waals surface area (Å²) >= 11 is 0. The van der Waals surface area contributed by atoms with Gasteiger partial charge in [0.1, 0.15) is 12.4 Å². The fourth-order valence-electron chi connectivity index (χ4n) is 1.52. The highest BCUT2D eigenvalue weighted by atomic mass is 16.5. The molecule has 0 amide bonds. The Morgan fingerprint density at radius 1 is 1.28 bits per heavy atom. The first-order valence-corrected chi connectivity index (χ1v) is 6.26. The van der Waals surface area contributed by atoms with Crippen LogP contribution in [0.2, 0.25) is 0 Å². The lowest BCUT2D eigenvalue weighted by Crippen LogP contribution is -2.08. The fraction of sp³-hybridized carbons (Fsp3) is 0.500. The summed E-state index contributed by atoms with van der Waals surface area (Å²) in [5.74, 6) is 0.624. The number of rotatable bonds is 8. The zero-order valence-electron chi connectivity index (χ0n) is 11.1. The second kappa shape index (κ2) is 7.71. The van der Waals surface area contributed by atoms with Gasteiger partial charge in [0, 0.05) is 23.9 Å². The van der Waals surface area contributed by atoms with Gasteiger partial charge in [0.25, 0.3) is 0 Å². The Bertz CT molecular complexity index is 391. The number of nitrogen functional groups attached to an aromatic ring is 1. The molecule has 100 valence electrons. The largest absolute Gasteiger partial charge is 0.491 e. The van der Waals surface area contributed by atoms with Gasteiger partial charge in [0.15, 0.2) is 5.78 Å². The van der Waals surface area contributed by atoms with Crippen molar-refractivity contribution in [1.29, 1.82) is 0 Å². The van der Waals surface area contributed by atoms with Crippen LogP contribution in [0.3, 0.4) is 0 Å². The minimum absolute atomic E-state index is 0.0399. The molecule has 2 N–H and O–H groups in total. The third kappa shape index (κ3) is 4.75. The number of carbonyl (C=O) groups is 1. The van der Waals surface area contributed by atoms with E-state index < -0.39 is 0 Å². The SMILES string of the molecule is CCCCOCCOc1ccc(C(C)=O)c(N)c1. The first-order valence-electron chi connectivity index (χ1n) is 6.26. The van der Waals surface area contributed by atoms with Crippen LogP contribution < -0.4 is 10.5 Å². The molecule has 0 aromatic heterocycles. The number of Topliss-reactive ketones (excluding diaryl/α,β-unsaturated/α-hetero) is 1. The van der Waals surface area contributed by atoms with Crippen LogP contribution in [0.1, 0.15) is 37.0 Å². The van der Waals surface area contributed by atoms with E-state index in [2.05, 4.69) is 6.92 Å². The maximum atomic E-state index is 11.2. The Hall–Kier alpha value is -1.55. The lowest BCUT2D eigenvalue weighted by atomic mass is 10.1. The summed E-state index contributed by atoms with van der Waals surface area (Å²) in [6.45, 7) is 5.44. The molecule has 0 aliphatic heterocycles. The van der Waals surface area contributed by atoms with Crippen LogP contribution in [-0.2, 0) is 4.74 Å². The molecule has 0 saturated heterocycles. The van der Waals surface area contributed by atoms with Gasteiger partial charge in [-0.15, -0.1) is 0 Å². The van der Waals surface area contributed by atoms with Gasteiger partial charge in [-0.05, 0) is 25.5 Å². The molecule has 0 spiro atoms. The molecule has 1 aromatic carbocycles. The summed E-state index contributed by atoms with van der Waals surface area (Å²) in [5, 5.41) is 0. The molecule has 0 aliphatic carbocycles. The van der Waals surface area contributed by atoms with Gasteiger partial charge >= 0.3 is 0 Å². The van der Waals surface area contributed by atoms with Crippen molar-refractivity contribution in [3.05, 3.63) is 23.8 Å². The molecular weight excluding hydrogens is 230 g/mol. The highest BCUT2D eigenvalue weighted by Gasteiger charge is 2.05. The van der Waals surface area contributed by atoms with Crippen molar-refractivity contribution >= 4 is 11.5 Å². The summed E-state index contributed by atoms with van der Waals surface area (Å²) in [4.78, 5) is 11.2. The predicted molar refractivity (Wildman–Crippen MR) is 72.1 cm³/mol. The molecule has 0 aliphatic rings. The number of anilines is 1. The summed E-state index contributed by atoms with van der Waals surface area (Å²) in [7, 11) is 0. The highest BCUT2D eigenvalue weighted by molar-refractivity contribution is 5.99. The van der Waals surface area contributed by atoms with Crippen molar-refractivity contribution in [3.63, 3.8) is 0 Å². The van der Waals surface area contributed by atoms with Gasteiger partial charge < -0.3 is 15.2 Å². The number of hydrogen-bond acceptors (Lipinski definition) is 4. The quantitative estimate of drug-likeness (QED) is 0.438. The van der Waals surface area contributed by atoms with E-state index in [-0.39, 0.29) is 5.78 Å². The Labute approximate surface area is 108 Å². The van der Waals surface area contributed by atoms with E-state index in [1.807, 2.05) is 0 Å². The second-order valence-corrected chi connectivity index (χ2v) is 4.12. The first kappa shape index (κ1) is 14.5. The summed E-state index contributed by atoms with van der Waals surface area (Å²) in [6.07, 6.45) is 2.20. The van der Waals surface area contributed by atoms with Crippen molar-refractivity contribution in [1.82, 2.24) is 0 Å². The molecule has 0 saturated carbocycles. The molecule has 0 bridgehead atoms.